The summed E-state index contributed by atoms with van der Waals surface area (Å²) in [5, 5.41) is 9.63. The number of para-hydroxylation sites is 1. The van der Waals surface area contributed by atoms with Gasteiger partial charge in [0.15, 0.2) is 0 Å². The standard InChI is InChI=1S/C16H19N3O2/c17-8-4-5-12-9-16(12,15(20)21)14-10-19(11-18-14)13-6-2-1-3-7-13/h1-3,6-7,10-12H,4-5,8-9,17H2,(H,20,21). The number of aromatic nitrogens is 2. The van der Waals surface area contributed by atoms with Crippen molar-refractivity contribution in [2.24, 2.45) is 11.7 Å². The zero-order valence-corrected chi connectivity index (χ0v) is 11.8. The van der Waals surface area contributed by atoms with Crippen molar-refractivity contribution >= 4 is 5.97 Å². The van der Waals surface area contributed by atoms with E-state index >= 15 is 0 Å². The minimum absolute atomic E-state index is 0.151. The van der Waals surface area contributed by atoms with Crippen LogP contribution in [0.5, 0.6) is 0 Å². The maximum atomic E-state index is 11.7. The summed E-state index contributed by atoms with van der Waals surface area (Å²) in [4.78, 5) is 16.1. The molecule has 21 heavy (non-hydrogen) atoms. The number of rotatable bonds is 6. The Morgan fingerprint density at radius 3 is 2.86 bits per heavy atom. The lowest BCUT2D eigenvalue weighted by atomic mass is 9.98. The van der Waals surface area contributed by atoms with E-state index in [1.807, 2.05) is 41.1 Å². The summed E-state index contributed by atoms with van der Waals surface area (Å²) in [7, 11) is 0. The molecule has 5 nitrogen and oxygen atoms in total. The molecule has 0 radical (unpaired) electrons. The van der Waals surface area contributed by atoms with Gasteiger partial charge in [0.05, 0.1) is 12.0 Å². The number of nitrogens with zero attached hydrogens (tertiary/aromatic N) is 2. The fraction of sp³-hybridized carbons (Fsp3) is 0.375. The summed E-state index contributed by atoms with van der Waals surface area (Å²) in [5.41, 5.74) is 6.35. The fourth-order valence-corrected chi connectivity index (χ4v) is 3.02. The first-order chi connectivity index (χ1) is 10.2. The molecular formula is C16H19N3O2. The van der Waals surface area contributed by atoms with Gasteiger partial charge < -0.3 is 15.4 Å². The van der Waals surface area contributed by atoms with Gasteiger partial charge in [-0.2, -0.15) is 0 Å². The molecule has 1 saturated carbocycles. The van der Waals surface area contributed by atoms with Crippen LogP contribution in [0.15, 0.2) is 42.9 Å². The molecule has 2 aromatic rings. The Labute approximate surface area is 123 Å². The Bertz CT molecular complexity index is 638. The van der Waals surface area contributed by atoms with Crippen molar-refractivity contribution < 1.29 is 9.90 Å². The number of hydrogen-bond acceptors (Lipinski definition) is 3. The number of carboxylic acid groups (broad SMARTS) is 1. The van der Waals surface area contributed by atoms with Crippen LogP contribution in [0.4, 0.5) is 0 Å². The molecule has 3 rings (SSSR count). The molecule has 0 spiro atoms. The maximum Gasteiger partial charge on any atom is 0.316 e. The molecule has 1 aromatic heterocycles. The van der Waals surface area contributed by atoms with Crippen LogP contribution in [0, 0.1) is 5.92 Å². The van der Waals surface area contributed by atoms with E-state index in [4.69, 9.17) is 5.73 Å². The van der Waals surface area contributed by atoms with E-state index in [1.165, 1.54) is 0 Å². The second kappa shape index (κ2) is 5.33. The van der Waals surface area contributed by atoms with Gasteiger partial charge in [-0.3, -0.25) is 4.79 Å². The van der Waals surface area contributed by atoms with Gasteiger partial charge in [0.1, 0.15) is 5.41 Å². The molecule has 5 heteroatoms. The number of hydrogen-bond donors (Lipinski definition) is 2. The van der Waals surface area contributed by atoms with Crippen LogP contribution in [0.2, 0.25) is 0 Å². The highest BCUT2D eigenvalue weighted by molar-refractivity contribution is 5.85. The zero-order valence-electron chi connectivity index (χ0n) is 11.8. The van der Waals surface area contributed by atoms with Crippen molar-refractivity contribution in [2.75, 3.05) is 6.54 Å². The van der Waals surface area contributed by atoms with Crippen LogP contribution >= 0.6 is 0 Å². The molecule has 1 aliphatic rings. The minimum atomic E-state index is -0.810. The molecule has 1 aliphatic carbocycles. The summed E-state index contributed by atoms with van der Waals surface area (Å²) in [6, 6.07) is 9.78. The summed E-state index contributed by atoms with van der Waals surface area (Å²) in [6.07, 6.45) is 5.90. The van der Waals surface area contributed by atoms with E-state index in [0.717, 1.165) is 18.5 Å². The maximum absolute atomic E-state index is 11.7. The Kier molecular flexibility index (Phi) is 3.51. The number of benzene rings is 1. The highest BCUT2D eigenvalue weighted by Gasteiger charge is 2.62. The van der Waals surface area contributed by atoms with Gasteiger partial charge >= 0.3 is 5.97 Å². The predicted octanol–water partition coefficient (Wildman–Crippen LogP) is 1.95. The predicted molar refractivity (Wildman–Crippen MR) is 79.3 cm³/mol. The van der Waals surface area contributed by atoms with Crippen molar-refractivity contribution in [1.82, 2.24) is 9.55 Å². The lowest BCUT2D eigenvalue weighted by Gasteiger charge is -2.09. The average molecular weight is 285 g/mol. The second-order valence-electron chi connectivity index (χ2n) is 5.61. The van der Waals surface area contributed by atoms with Crippen molar-refractivity contribution in [2.45, 2.75) is 24.7 Å². The van der Waals surface area contributed by atoms with E-state index in [2.05, 4.69) is 4.98 Å². The largest absolute Gasteiger partial charge is 0.481 e. The van der Waals surface area contributed by atoms with Crippen LogP contribution in [0.1, 0.15) is 25.0 Å². The summed E-state index contributed by atoms with van der Waals surface area (Å²) >= 11 is 0. The number of imidazole rings is 1. The Morgan fingerprint density at radius 1 is 1.43 bits per heavy atom. The third kappa shape index (κ3) is 2.34. The molecule has 2 unspecified atom stereocenters. The zero-order chi connectivity index (χ0) is 14.9. The molecule has 110 valence electrons. The lowest BCUT2D eigenvalue weighted by Crippen LogP contribution is -2.23. The SMILES string of the molecule is NCCCC1CC1(C(=O)O)c1cn(-c2ccccc2)cn1. The number of nitrogens with two attached hydrogens (primary N) is 1. The number of aliphatic carboxylic acids is 1. The Balaban J connectivity index is 1.86. The van der Waals surface area contributed by atoms with Gasteiger partial charge in [-0.25, -0.2) is 4.98 Å². The van der Waals surface area contributed by atoms with E-state index in [1.54, 1.807) is 6.33 Å². The number of carboxylic acids is 1. The Morgan fingerprint density at radius 2 is 2.19 bits per heavy atom. The average Bonchev–Trinajstić information content (AvgIpc) is 3.03. The van der Waals surface area contributed by atoms with E-state index < -0.39 is 11.4 Å². The molecular weight excluding hydrogens is 266 g/mol. The third-order valence-corrected chi connectivity index (χ3v) is 4.34. The number of carbonyl (C=O) groups is 1. The minimum Gasteiger partial charge on any atom is -0.481 e. The van der Waals surface area contributed by atoms with Crippen molar-refractivity contribution in [3.05, 3.63) is 48.5 Å². The van der Waals surface area contributed by atoms with Crippen LogP contribution < -0.4 is 5.73 Å². The van der Waals surface area contributed by atoms with Gasteiger partial charge in [-0.05, 0) is 43.9 Å². The molecule has 0 bridgehead atoms. The van der Waals surface area contributed by atoms with Crippen LogP contribution in [-0.4, -0.2) is 27.2 Å². The molecule has 0 saturated heterocycles. The first-order valence-electron chi connectivity index (χ1n) is 7.22. The van der Waals surface area contributed by atoms with Crippen LogP contribution in [0.25, 0.3) is 5.69 Å². The quantitative estimate of drug-likeness (QED) is 0.850. The Hall–Kier alpha value is -2.14. The molecule has 0 amide bonds. The van der Waals surface area contributed by atoms with Crippen molar-refractivity contribution in [3.8, 4) is 5.69 Å². The van der Waals surface area contributed by atoms with Gasteiger partial charge in [-0.15, -0.1) is 0 Å². The van der Waals surface area contributed by atoms with Crippen LogP contribution in [-0.2, 0) is 10.2 Å². The van der Waals surface area contributed by atoms with Crippen molar-refractivity contribution in [1.29, 1.82) is 0 Å². The third-order valence-electron chi connectivity index (χ3n) is 4.34. The normalized spacial score (nSPS) is 24.0. The summed E-state index contributed by atoms with van der Waals surface area (Å²) in [5.74, 6) is -0.625. The van der Waals surface area contributed by atoms with Gasteiger partial charge in [0, 0.05) is 11.9 Å². The van der Waals surface area contributed by atoms with E-state index in [0.29, 0.717) is 18.7 Å². The van der Waals surface area contributed by atoms with Gasteiger partial charge in [0.2, 0.25) is 0 Å². The summed E-state index contributed by atoms with van der Waals surface area (Å²) < 4.78 is 1.87. The topological polar surface area (TPSA) is 81.1 Å². The highest BCUT2D eigenvalue weighted by Crippen LogP contribution is 2.56. The van der Waals surface area contributed by atoms with Gasteiger partial charge in [0.25, 0.3) is 0 Å². The summed E-state index contributed by atoms with van der Waals surface area (Å²) in [6.45, 7) is 0.602. The molecule has 1 heterocycles. The molecule has 2 atom stereocenters. The first kappa shape index (κ1) is 13.8. The molecule has 1 aromatic carbocycles. The smallest absolute Gasteiger partial charge is 0.316 e. The van der Waals surface area contributed by atoms with Crippen molar-refractivity contribution in [3.63, 3.8) is 0 Å². The van der Waals surface area contributed by atoms with E-state index in [-0.39, 0.29) is 5.92 Å². The molecule has 1 fully saturated rings. The molecule has 0 aliphatic heterocycles. The van der Waals surface area contributed by atoms with Gasteiger partial charge in [-0.1, -0.05) is 18.2 Å². The monoisotopic (exact) mass is 285 g/mol. The first-order valence-corrected chi connectivity index (χ1v) is 7.22. The highest BCUT2D eigenvalue weighted by atomic mass is 16.4. The fourth-order valence-electron chi connectivity index (χ4n) is 3.02. The lowest BCUT2D eigenvalue weighted by molar-refractivity contribution is -0.140. The second-order valence-corrected chi connectivity index (χ2v) is 5.61. The van der Waals surface area contributed by atoms with E-state index in [9.17, 15) is 9.90 Å². The van der Waals surface area contributed by atoms with Crippen LogP contribution in [0.3, 0.4) is 0 Å². The molecule has 3 N–H and O–H groups in total.